The van der Waals surface area contributed by atoms with E-state index in [1.807, 2.05) is 30.8 Å². The summed E-state index contributed by atoms with van der Waals surface area (Å²) in [5.74, 6) is 0.902. The third-order valence-electron chi connectivity index (χ3n) is 3.02. The van der Waals surface area contributed by atoms with Crippen molar-refractivity contribution in [2.24, 2.45) is 7.05 Å². The summed E-state index contributed by atoms with van der Waals surface area (Å²) < 4.78 is 1.97. The number of aryl methyl sites for hydroxylation is 1. The Balaban J connectivity index is 2.17. The first-order chi connectivity index (χ1) is 9.11. The summed E-state index contributed by atoms with van der Waals surface area (Å²) in [7, 11) is 1.96. The molecule has 0 fully saturated rings. The Morgan fingerprint density at radius 2 is 2.21 bits per heavy atom. The van der Waals surface area contributed by atoms with Gasteiger partial charge in [-0.25, -0.2) is 4.98 Å². The molecule has 0 saturated heterocycles. The van der Waals surface area contributed by atoms with Gasteiger partial charge in [-0.2, -0.15) is 0 Å². The summed E-state index contributed by atoms with van der Waals surface area (Å²) in [5.41, 5.74) is 1.23. The molecule has 5 nitrogen and oxygen atoms in total. The van der Waals surface area contributed by atoms with E-state index < -0.39 is 0 Å². The highest BCUT2D eigenvalue weighted by Crippen LogP contribution is 2.26. The van der Waals surface area contributed by atoms with Crippen LogP contribution < -0.4 is 5.32 Å². The number of nitrogens with zero attached hydrogens (tertiary/aromatic N) is 4. The van der Waals surface area contributed by atoms with Crippen molar-refractivity contribution in [3.8, 4) is 0 Å². The molecule has 0 radical (unpaired) electrons. The van der Waals surface area contributed by atoms with Crippen LogP contribution in [0.4, 0.5) is 0 Å². The van der Waals surface area contributed by atoms with Crippen LogP contribution in [0.2, 0.25) is 0 Å². The van der Waals surface area contributed by atoms with Gasteiger partial charge in [0.15, 0.2) is 5.16 Å². The highest BCUT2D eigenvalue weighted by Gasteiger charge is 2.10. The molecule has 0 aliphatic carbocycles. The predicted molar refractivity (Wildman–Crippen MR) is 76.2 cm³/mol. The lowest BCUT2D eigenvalue weighted by molar-refractivity contribution is 0.596. The molecule has 0 spiro atoms. The SMILES string of the molecule is CCNC(C)c1ccnc(Sc2nnc(C)n2C)c1. The number of hydrogen-bond donors (Lipinski definition) is 1. The van der Waals surface area contributed by atoms with Gasteiger partial charge in [-0.05, 0) is 49.9 Å². The van der Waals surface area contributed by atoms with Crippen LogP contribution in [-0.2, 0) is 7.05 Å². The normalized spacial score (nSPS) is 12.6. The number of rotatable bonds is 5. The summed E-state index contributed by atoms with van der Waals surface area (Å²) in [5, 5.41) is 13.4. The summed E-state index contributed by atoms with van der Waals surface area (Å²) in [4.78, 5) is 4.38. The second kappa shape index (κ2) is 6.16. The zero-order valence-corrected chi connectivity index (χ0v) is 12.5. The van der Waals surface area contributed by atoms with Crippen LogP contribution in [-0.4, -0.2) is 26.3 Å². The molecular formula is C13H19N5S. The Morgan fingerprint density at radius 3 is 2.84 bits per heavy atom. The van der Waals surface area contributed by atoms with Crippen LogP contribution in [0, 0.1) is 6.92 Å². The number of pyridine rings is 1. The molecule has 0 aromatic carbocycles. The average molecular weight is 277 g/mol. The molecule has 2 aromatic heterocycles. The number of hydrogen-bond acceptors (Lipinski definition) is 5. The van der Waals surface area contributed by atoms with Gasteiger partial charge in [0.1, 0.15) is 10.9 Å². The zero-order valence-electron chi connectivity index (χ0n) is 11.7. The Morgan fingerprint density at radius 1 is 1.42 bits per heavy atom. The molecule has 0 aliphatic heterocycles. The van der Waals surface area contributed by atoms with Gasteiger partial charge < -0.3 is 9.88 Å². The van der Waals surface area contributed by atoms with Gasteiger partial charge in [-0.1, -0.05) is 6.92 Å². The Labute approximate surface area is 117 Å². The van der Waals surface area contributed by atoms with Gasteiger partial charge in [0, 0.05) is 19.3 Å². The van der Waals surface area contributed by atoms with Gasteiger partial charge in [0.25, 0.3) is 0 Å². The van der Waals surface area contributed by atoms with Crippen LogP contribution in [0.3, 0.4) is 0 Å². The molecule has 0 amide bonds. The van der Waals surface area contributed by atoms with Crippen molar-refractivity contribution in [1.82, 2.24) is 25.1 Å². The first-order valence-electron chi connectivity index (χ1n) is 6.35. The molecule has 6 heteroatoms. The third kappa shape index (κ3) is 3.33. The predicted octanol–water partition coefficient (Wildman–Crippen LogP) is 2.34. The van der Waals surface area contributed by atoms with Crippen LogP contribution >= 0.6 is 11.8 Å². The van der Waals surface area contributed by atoms with Gasteiger partial charge in [0.2, 0.25) is 0 Å². The van der Waals surface area contributed by atoms with Crippen LogP contribution in [0.1, 0.15) is 31.3 Å². The zero-order chi connectivity index (χ0) is 13.8. The summed E-state index contributed by atoms with van der Waals surface area (Å²) in [6.45, 7) is 7.15. The fourth-order valence-electron chi connectivity index (χ4n) is 1.74. The molecule has 1 atom stereocenters. The first-order valence-corrected chi connectivity index (χ1v) is 7.16. The topological polar surface area (TPSA) is 55.6 Å². The highest BCUT2D eigenvalue weighted by molar-refractivity contribution is 7.99. The third-order valence-corrected chi connectivity index (χ3v) is 3.99. The van der Waals surface area contributed by atoms with Gasteiger partial charge in [0.05, 0.1) is 0 Å². The van der Waals surface area contributed by atoms with Crippen molar-refractivity contribution >= 4 is 11.8 Å². The fraction of sp³-hybridized carbons (Fsp3) is 0.462. The number of nitrogens with one attached hydrogen (secondary N) is 1. The monoisotopic (exact) mass is 277 g/mol. The van der Waals surface area contributed by atoms with E-state index in [-0.39, 0.29) is 0 Å². The van der Waals surface area contributed by atoms with E-state index in [1.165, 1.54) is 17.3 Å². The molecule has 2 heterocycles. The van der Waals surface area contributed by atoms with Crippen LogP contribution in [0.5, 0.6) is 0 Å². The Bertz CT molecular complexity index is 552. The van der Waals surface area contributed by atoms with Gasteiger partial charge in [-0.15, -0.1) is 10.2 Å². The van der Waals surface area contributed by atoms with Crippen molar-refractivity contribution in [3.63, 3.8) is 0 Å². The van der Waals surface area contributed by atoms with Crippen LogP contribution in [0.25, 0.3) is 0 Å². The lowest BCUT2D eigenvalue weighted by Gasteiger charge is -2.13. The van der Waals surface area contributed by atoms with Crippen molar-refractivity contribution in [2.45, 2.75) is 37.0 Å². The van der Waals surface area contributed by atoms with E-state index in [0.29, 0.717) is 6.04 Å². The van der Waals surface area contributed by atoms with Crippen molar-refractivity contribution in [2.75, 3.05) is 6.54 Å². The van der Waals surface area contributed by atoms with E-state index in [9.17, 15) is 0 Å². The van der Waals surface area contributed by atoms with Gasteiger partial charge >= 0.3 is 0 Å². The summed E-state index contributed by atoms with van der Waals surface area (Å²) in [6.07, 6.45) is 1.84. The van der Waals surface area contributed by atoms with E-state index in [0.717, 1.165) is 22.6 Å². The molecule has 19 heavy (non-hydrogen) atoms. The molecule has 1 unspecified atom stereocenters. The molecule has 0 saturated carbocycles. The minimum absolute atomic E-state index is 0.327. The molecule has 2 rings (SSSR count). The van der Waals surface area contributed by atoms with Crippen molar-refractivity contribution in [1.29, 1.82) is 0 Å². The molecule has 2 aromatic rings. The summed E-state index contributed by atoms with van der Waals surface area (Å²) >= 11 is 1.54. The largest absolute Gasteiger partial charge is 0.310 e. The average Bonchev–Trinajstić information content (AvgIpc) is 2.71. The summed E-state index contributed by atoms with van der Waals surface area (Å²) in [6, 6.07) is 4.47. The smallest absolute Gasteiger partial charge is 0.197 e. The fourth-order valence-corrected chi connectivity index (χ4v) is 2.59. The van der Waals surface area contributed by atoms with Gasteiger partial charge in [-0.3, -0.25) is 0 Å². The highest BCUT2D eigenvalue weighted by atomic mass is 32.2. The standard InChI is InChI=1S/C13H19N5S/c1-5-14-9(2)11-6-7-15-12(8-11)19-13-17-16-10(3)18(13)4/h6-9,14H,5H2,1-4H3. The van der Waals surface area contributed by atoms with Crippen LogP contribution in [0.15, 0.2) is 28.5 Å². The second-order valence-electron chi connectivity index (χ2n) is 4.40. The lowest BCUT2D eigenvalue weighted by Crippen LogP contribution is -2.17. The quantitative estimate of drug-likeness (QED) is 0.909. The second-order valence-corrected chi connectivity index (χ2v) is 5.39. The molecule has 0 aliphatic rings. The minimum atomic E-state index is 0.327. The van der Waals surface area contributed by atoms with E-state index >= 15 is 0 Å². The lowest BCUT2D eigenvalue weighted by atomic mass is 10.1. The maximum atomic E-state index is 4.38. The molecule has 102 valence electrons. The van der Waals surface area contributed by atoms with E-state index in [1.54, 1.807) is 0 Å². The first kappa shape index (κ1) is 14.0. The Hall–Kier alpha value is -1.40. The molecular weight excluding hydrogens is 258 g/mol. The maximum Gasteiger partial charge on any atom is 0.197 e. The van der Waals surface area contributed by atoms with Crippen molar-refractivity contribution < 1.29 is 0 Å². The minimum Gasteiger partial charge on any atom is -0.310 e. The van der Waals surface area contributed by atoms with E-state index in [4.69, 9.17) is 0 Å². The molecule has 1 N–H and O–H groups in total. The number of aromatic nitrogens is 4. The Kier molecular flexibility index (Phi) is 4.55. The molecule has 0 bridgehead atoms. The maximum absolute atomic E-state index is 4.38. The van der Waals surface area contributed by atoms with Crippen molar-refractivity contribution in [3.05, 3.63) is 29.7 Å². The van der Waals surface area contributed by atoms with E-state index in [2.05, 4.69) is 40.4 Å².